The van der Waals surface area contributed by atoms with Crippen LogP contribution in [-0.2, 0) is 19.1 Å². The molecule has 1 saturated heterocycles. The second-order valence-electron chi connectivity index (χ2n) is 5.59. The number of amides is 2. The van der Waals surface area contributed by atoms with Crippen molar-refractivity contribution in [1.29, 1.82) is 0 Å². The molecular weight excluding hydrogens is 250 g/mol. The van der Waals surface area contributed by atoms with Crippen molar-refractivity contribution in [2.24, 2.45) is 5.92 Å². The van der Waals surface area contributed by atoms with Crippen molar-refractivity contribution >= 4 is 18.0 Å². The Balaban J connectivity index is 2.89. The minimum Gasteiger partial charge on any atom is -0.464 e. The Bertz CT molecular complexity index is 385. The summed E-state index contributed by atoms with van der Waals surface area (Å²) < 4.78 is 10.0. The standard InChI is InChI=1S/C13H21NO5/c1-6-18-11(16)9-7-8(2)10(15)14(9)12(17)19-13(3,4)5/h8-9H,6-7H2,1-5H3/t8-,9+/m1/s1. The maximum atomic E-state index is 12.0. The van der Waals surface area contributed by atoms with Crippen LogP contribution in [-0.4, -0.2) is 41.1 Å². The molecule has 1 rings (SSSR count). The van der Waals surface area contributed by atoms with Crippen LogP contribution in [0.25, 0.3) is 0 Å². The first-order valence-electron chi connectivity index (χ1n) is 6.40. The van der Waals surface area contributed by atoms with Crippen LogP contribution < -0.4 is 0 Å². The molecule has 0 aromatic heterocycles. The number of hydrogen-bond donors (Lipinski definition) is 0. The molecule has 0 spiro atoms. The Kier molecular flexibility index (Phi) is 4.55. The van der Waals surface area contributed by atoms with Crippen LogP contribution in [0.3, 0.4) is 0 Å². The van der Waals surface area contributed by atoms with Gasteiger partial charge in [0.05, 0.1) is 6.61 Å². The first-order valence-corrected chi connectivity index (χ1v) is 6.40. The topological polar surface area (TPSA) is 72.9 Å². The van der Waals surface area contributed by atoms with Crippen LogP contribution in [0.5, 0.6) is 0 Å². The smallest absolute Gasteiger partial charge is 0.417 e. The Morgan fingerprint density at radius 2 is 1.95 bits per heavy atom. The molecule has 6 heteroatoms. The average molecular weight is 271 g/mol. The van der Waals surface area contributed by atoms with Gasteiger partial charge in [0.2, 0.25) is 5.91 Å². The van der Waals surface area contributed by atoms with E-state index in [0.29, 0.717) is 0 Å². The van der Waals surface area contributed by atoms with Gasteiger partial charge in [-0.05, 0) is 34.1 Å². The van der Waals surface area contributed by atoms with Crippen LogP contribution in [0.15, 0.2) is 0 Å². The molecule has 1 fully saturated rings. The Morgan fingerprint density at radius 1 is 1.37 bits per heavy atom. The number of hydrogen-bond acceptors (Lipinski definition) is 5. The SMILES string of the molecule is CCOC(=O)[C@@H]1C[C@@H](C)C(=O)N1C(=O)OC(C)(C)C. The second-order valence-corrected chi connectivity index (χ2v) is 5.59. The molecule has 108 valence electrons. The maximum absolute atomic E-state index is 12.0. The molecule has 2 amide bonds. The molecule has 6 nitrogen and oxygen atoms in total. The van der Waals surface area contributed by atoms with Crippen LogP contribution in [0.1, 0.15) is 41.0 Å². The largest absolute Gasteiger partial charge is 0.464 e. The summed E-state index contributed by atoms with van der Waals surface area (Å²) in [4.78, 5) is 36.7. The van der Waals surface area contributed by atoms with Gasteiger partial charge in [0, 0.05) is 5.92 Å². The molecule has 0 aromatic rings. The van der Waals surface area contributed by atoms with Crippen molar-refractivity contribution in [3.8, 4) is 0 Å². The van der Waals surface area contributed by atoms with Gasteiger partial charge in [0.25, 0.3) is 0 Å². The highest BCUT2D eigenvalue weighted by Crippen LogP contribution is 2.27. The van der Waals surface area contributed by atoms with Crippen molar-refractivity contribution in [3.05, 3.63) is 0 Å². The zero-order valence-corrected chi connectivity index (χ0v) is 12.1. The van der Waals surface area contributed by atoms with Gasteiger partial charge >= 0.3 is 12.1 Å². The van der Waals surface area contributed by atoms with Crippen molar-refractivity contribution in [1.82, 2.24) is 4.90 Å². The van der Waals surface area contributed by atoms with Crippen LogP contribution in [0.4, 0.5) is 4.79 Å². The van der Waals surface area contributed by atoms with Gasteiger partial charge in [0.1, 0.15) is 11.6 Å². The Morgan fingerprint density at radius 3 is 2.42 bits per heavy atom. The van der Waals surface area contributed by atoms with E-state index in [1.807, 2.05) is 0 Å². The number of ether oxygens (including phenoxy) is 2. The summed E-state index contributed by atoms with van der Waals surface area (Å²) in [6.45, 7) is 8.67. The van der Waals surface area contributed by atoms with E-state index in [1.165, 1.54) is 0 Å². The van der Waals surface area contributed by atoms with Crippen LogP contribution >= 0.6 is 0 Å². The highest BCUT2D eigenvalue weighted by Gasteiger charge is 2.47. The summed E-state index contributed by atoms with van der Waals surface area (Å²) in [6, 6.07) is -0.878. The Labute approximate surface area is 113 Å². The summed E-state index contributed by atoms with van der Waals surface area (Å²) in [5, 5.41) is 0. The van der Waals surface area contributed by atoms with Crippen LogP contribution in [0.2, 0.25) is 0 Å². The molecule has 0 radical (unpaired) electrons. The van der Waals surface area contributed by atoms with Crippen molar-refractivity contribution in [2.45, 2.75) is 52.7 Å². The van der Waals surface area contributed by atoms with Crippen molar-refractivity contribution in [2.75, 3.05) is 6.61 Å². The number of imide groups is 1. The van der Waals surface area contributed by atoms with E-state index in [0.717, 1.165) is 4.90 Å². The zero-order valence-electron chi connectivity index (χ0n) is 12.1. The molecule has 0 aromatic carbocycles. The van der Waals surface area contributed by atoms with Gasteiger partial charge < -0.3 is 9.47 Å². The number of nitrogens with zero attached hydrogens (tertiary/aromatic N) is 1. The summed E-state index contributed by atoms with van der Waals surface area (Å²) in [5.41, 5.74) is -0.720. The number of carbonyl (C=O) groups is 3. The third-order valence-electron chi connectivity index (χ3n) is 2.70. The van der Waals surface area contributed by atoms with E-state index in [-0.39, 0.29) is 18.9 Å². The van der Waals surface area contributed by atoms with E-state index < -0.39 is 29.6 Å². The zero-order chi connectivity index (χ0) is 14.8. The van der Waals surface area contributed by atoms with Gasteiger partial charge in [-0.15, -0.1) is 0 Å². The number of likely N-dealkylation sites (tertiary alicyclic amines) is 1. The molecule has 1 aliphatic rings. The fourth-order valence-corrected chi connectivity index (χ4v) is 1.90. The normalized spacial score (nSPS) is 23.4. The lowest BCUT2D eigenvalue weighted by molar-refractivity contribution is -0.151. The quantitative estimate of drug-likeness (QED) is 0.715. The third-order valence-corrected chi connectivity index (χ3v) is 2.70. The fraction of sp³-hybridized carbons (Fsp3) is 0.769. The lowest BCUT2D eigenvalue weighted by Crippen LogP contribution is -2.46. The number of rotatable bonds is 2. The molecule has 2 atom stereocenters. The minimum absolute atomic E-state index is 0.208. The molecule has 19 heavy (non-hydrogen) atoms. The molecule has 0 bridgehead atoms. The molecule has 1 heterocycles. The molecular formula is C13H21NO5. The second kappa shape index (κ2) is 5.59. The van der Waals surface area contributed by atoms with E-state index in [4.69, 9.17) is 9.47 Å². The highest BCUT2D eigenvalue weighted by molar-refractivity contribution is 6.00. The lowest BCUT2D eigenvalue weighted by Gasteiger charge is -2.26. The molecule has 0 saturated carbocycles. The van der Waals surface area contributed by atoms with E-state index >= 15 is 0 Å². The fourth-order valence-electron chi connectivity index (χ4n) is 1.90. The van der Waals surface area contributed by atoms with Gasteiger partial charge in [-0.2, -0.15) is 0 Å². The first-order chi connectivity index (χ1) is 8.67. The summed E-state index contributed by atoms with van der Waals surface area (Å²) in [7, 11) is 0. The average Bonchev–Trinajstić information content (AvgIpc) is 2.53. The van der Waals surface area contributed by atoms with E-state index in [2.05, 4.69) is 0 Å². The van der Waals surface area contributed by atoms with E-state index in [1.54, 1.807) is 34.6 Å². The third kappa shape index (κ3) is 3.68. The predicted octanol–water partition coefficient (Wildman–Crippen LogP) is 1.72. The monoisotopic (exact) mass is 271 g/mol. The van der Waals surface area contributed by atoms with Gasteiger partial charge in [-0.1, -0.05) is 6.92 Å². The maximum Gasteiger partial charge on any atom is 0.417 e. The molecule has 0 unspecified atom stereocenters. The molecule has 0 N–H and O–H groups in total. The van der Waals surface area contributed by atoms with Crippen molar-refractivity contribution in [3.63, 3.8) is 0 Å². The van der Waals surface area contributed by atoms with Gasteiger partial charge in [0.15, 0.2) is 0 Å². The molecule has 1 aliphatic heterocycles. The Hall–Kier alpha value is -1.59. The predicted molar refractivity (Wildman–Crippen MR) is 67.3 cm³/mol. The minimum atomic E-state index is -0.878. The van der Waals surface area contributed by atoms with Crippen LogP contribution in [0, 0.1) is 5.92 Å². The summed E-state index contributed by atoms with van der Waals surface area (Å²) in [5.74, 6) is -1.35. The number of esters is 1. The van der Waals surface area contributed by atoms with Crippen molar-refractivity contribution < 1.29 is 23.9 Å². The molecule has 0 aliphatic carbocycles. The summed E-state index contributed by atoms with van der Waals surface area (Å²) >= 11 is 0. The highest BCUT2D eigenvalue weighted by atomic mass is 16.6. The first kappa shape index (κ1) is 15.5. The van der Waals surface area contributed by atoms with Gasteiger partial charge in [-0.3, -0.25) is 4.79 Å². The van der Waals surface area contributed by atoms with E-state index in [9.17, 15) is 14.4 Å². The number of carbonyl (C=O) groups excluding carboxylic acids is 3. The summed E-state index contributed by atoms with van der Waals surface area (Å²) in [6.07, 6.45) is -0.517. The lowest BCUT2D eigenvalue weighted by atomic mass is 10.1. The van der Waals surface area contributed by atoms with Gasteiger partial charge in [-0.25, -0.2) is 14.5 Å².